The molecule has 0 aromatic heterocycles. The first kappa shape index (κ1) is 14.8. The minimum atomic E-state index is 0.154. The van der Waals surface area contributed by atoms with Gasteiger partial charge in [-0.15, -0.1) is 0 Å². The summed E-state index contributed by atoms with van der Waals surface area (Å²) >= 11 is 0. The molecule has 2 nitrogen and oxygen atoms in total. The lowest BCUT2D eigenvalue weighted by molar-refractivity contribution is 0.551. The summed E-state index contributed by atoms with van der Waals surface area (Å²) in [5.41, 5.74) is 9.44. The molecule has 2 aromatic carbocycles. The molecule has 0 aliphatic rings. The van der Waals surface area contributed by atoms with E-state index in [9.17, 15) is 0 Å². The highest BCUT2D eigenvalue weighted by molar-refractivity contribution is 5.32. The smallest absolute Gasteiger partial charge is 0.0500 e. The minimum Gasteiger partial charge on any atom is -0.271 e. The highest BCUT2D eigenvalue weighted by Gasteiger charge is 2.11. The topological polar surface area (TPSA) is 38.0 Å². The van der Waals surface area contributed by atoms with Crippen molar-refractivity contribution in [3.8, 4) is 0 Å². The number of nitrogens with two attached hydrogens (primary N) is 1. The monoisotopic (exact) mass is 268 g/mol. The summed E-state index contributed by atoms with van der Waals surface area (Å²) in [6.45, 7) is 6.43. The summed E-state index contributed by atoms with van der Waals surface area (Å²) in [5, 5.41) is 0. The maximum atomic E-state index is 5.76. The molecule has 0 heterocycles. The van der Waals surface area contributed by atoms with Gasteiger partial charge in [0, 0.05) is 6.04 Å². The molecule has 0 bridgehead atoms. The Hall–Kier alpha value is -1.64. The van der Waals surface area contributed by atoms with Crippen molar-refractivity contribution in [2.24, 2.45) is 5.84 Å². The molecule has 0 fully saturated rings. The maximum absolute atomic E-state index is 5.76. The summed E-state index contributed by atoms with van der Waals surface area (Å²) in [6.07, 6.45) is 1.99. The van der Waals surface area contributed by atoms with E-state index in [1.807, 2.05) is 0 Å². The van der Waals surface area contributed by atoms with Gasteiger partial charge < -0.3 is 0 Å². The molecule has 0 saturated heterocycles. The van der Waals surface area contributed by atoms with Gasteiger partial charge >= 0.3 is 0 Å². The predicted molar refractivity (Wildman–Crippen MR) is 85.5 cm³/mol. The van der Waals surface area contributed by atoms with E-state index in [-0.39, 0.29) is 6.04 Å². The average Bonchev–Trinajstić information content (AvgIpc) is 2.44. The number of hydrogen-bond donors (Lipinski definition) is 2. The van der Waals surface area contributed by atoms with Gasteiger partial charge in [0.15, 0.2) is 0 Å². The van der Waals surface area contributed by atoms with E-state index < -0.39 is 0 Å². The van der Waals surface area contributed by atoms with Crippen LogP contribution in [-0.2, 0) is 12.8 Å². The van der Waals surface area contributed by atoms with Crippen molar-refractivity contribution in [3.05, 3.63) is 70.3 Å². The van der Waals surface area contributed by atoms with Crippen LogP contribution >= 0.6 is 0 Å². The molecule has 0 aliphatic carbocycles. The largest absolute Gasteiger partial charge is 0.271 e. The number of hydrazine groups is 1. The van der Waals surface area contributed by atoms with Crippen LogP contribution < -0.4 is 11.3 Å². The molecule has 2 aromatic rings. The molecule has 106 valence electrons. The van der Waals surface area contributed by atoms with Crippen LogP contribution in [0, 0.1) is 13.8 Å². The SMILES string of the molecule is CCc1ccc(CC(NN)c2cc(C)cc(C)c2)cc1. The van der Waals surface area contributed by atoms with Crippen molar-refractivity contribution in [2.75, 3.05) is 0 Å². The van der Waals surface area contributed by atoms with E-state index in [1.54, 1.807) is 0 Å². The average molecular weight is 268 g/mol. The Bertz CT molecular complexity index is 538. The third-order valence-corrected chi connectivity index (χ3v) is 3.72. The quantitative estimate of drug-likeness (QED) is 0.642. The Morgan fingerprint density at radius 1 is 0.950 bits per heavy atom. The van der Waals surface area contributed by atoms with Crippen molar-refractivity contribution in [2.45, 2.75) is 39.7 Å². The summed E-state index contributed by atoms with van der Waals surface area (Å²) in [4.78, 5) is 0. The van der Waals surface area contributed by atoms with Gasteiger partial charge in [0.2, 0.25) is 0 Å². The molecule has 0 saturated carbocycles. The van der Waals surface area contributed by atoms with Gasteiger partial charge in [-0.25, -0.2) is 0 Å². The van der Waals surface area contributed by atoms with Crippen LogP contribution in [0.3, 0.4) is 0 Å². The van der Waals surface area contributed by atoms with Crippen molar-refractivity contribution in [1.29, 1.82) is 0 Å². The number of nitrogens with one attached hydrogen (secondary N) is 1. The lowest BCUT2D eigenvalue weighted by atomic mass is 9.96. The van der Waals surface area contributed by atoms with Crippen LogP contribution in [0.4, 0.5) is 0 Å². The molecule has 3 N–H and O–H groups in total. The summed E-state index contributed by atoms with van der Waals surface area (Å²) < 4.78 is 0. The van der Waals surface area contributed by atoms with Gasteiger partial charge in [-0.2, -0.15) is 0 Å². The lowest BCUT2D eigenvalue weighted by Gasteiger charge is -2.18. The lowest BCUT2D eigenvalue weighted by Crippen LogP contribution is -2.29. The van der Waals surface area contributed by atoms with Gasteiger partial charge in [0.25, 0.3) is 0 Å². The van der Waals surface area contributed by atoms with E-state index in [0.717, 1.165) is 12.8 Å². The van der Waals surface area contributed by atoms with Gasteiger partial charge in [-0.1, -0.05) is 60.5 Å². The molecule has 2 heteroatoms. The van der Waals surface area contributed by atoms with Crippen molar-refractivity contribution < 1.29 is 0 Å². The van der Waals surface area contributed by atoms with Crippen LogP contribution in [-0.4, -0.2) is 0 Å². The minimum absolute atomic E-state index is 0.154. The van der Waals surface area contributed by atoms with Crippen LogP contribution in [0.1, 0.15) is 40.8 Å². The second kappa shape index (κ2) is 6.69. The van der Waals surface area contributed by atoms with E-state index in [1.165, 1.54) is 27.8 Å². The van der Waals surface area contributed by atoms with Gasteiger partial charge in [-0.3, -0.25) is 11.3 Å². The Labute approximate surface area is 122 Å². The van der Waals surface area contributed by atoms with Gasteiger partial charge in [0.05, 0.1) is 0 Å². The van der Waals surface area contributed by atoms with E-state index >= 15 is 0 Å². The molecule has 1 atom stereocenters. The van der Waals surface area contributed by atoms with Gasteiger partial charge in [-0.05, 0) is 43.4 Å². The molecular formula is C18H24N2. The van der Waals surface area contributed by atoms with Crippen LogP contribution in [0.2, 0.25) is 0 Å². The highest BCUT2D eigenvalue weighted by atomic mass is 15.2. The normalized spacial score (nSPS) is 12.4. The molecule has 2 rings (SSSR count). The molecule has 0 radical (unpaired) electrons. The van der Waals surface area contributed by atoms with Crippen molar-refractivity contribution >= 4 is 0 Å². The number of benzene rings is 2. The first-order valence-corrected chi connectivity index (χ1v) is 7.24. The van der Waals surface area contributed by atoms with Gasteiger partial charge in [0.1, 0.15) is 0 Å². The Morgan fingerprint density at radius 3 is 2.00 bits per heavy atom. The van der Waals surface area contributed by atoms with Crippen molar-refractivity contribution in [1.82, 2.24) is 5.43 Å². The Morgan fingerprint density at radius 2 is 1.50 bits per heavy atom. The second-order valence-corrected chi connectivity index (χ2v) is 5.51. The van der Waals surface area contributed by atoms with Crippen molar-refractivity contribution in [3.63, 3.8) is 0 Å². The molecule has 0 amide bonds. The second-order valence-electron chi connectivity index (χ2n) is 5.51. The Kier molecular flexibility index (Phi) is 4.94. The zero-order valence-corrected chi connectivity index (χ0v) is 12.6. The maximum Gasteiger partial charge on any atom is 0.0500 e. The molecule has 1 unspecified atom stereocenters. The first-order valence-electron chi connectivity index (χ1n) is 7.24. The van der Waals surface area contributed by atoms with E-state index in [4.69, 9.17) is 5.84 Å². The standard InChI is InChI=1S/C18H24N2/c1-4-15-5-7-16(8-6-15)12-18(20-19)17-10-13(2)9-14(3)11-17/h5-11,18,20H,4,12,19H2,1-3H3. The fourth-order valence-electron chi connectivity index (χ4n) is 2.63. The Balaban J connectivity index is 2.19. The zero-order chi connectivity index (χ0) is 14.5. The number of hydrogen-bond acceptors (Lipinski definition) is 2. The fourth-order valence-corrected chi connectivity index (χ4v) is 2.63. The molecular weight excluding hydrogens is 244 g/mol. The van der Waals surface area contributed by atoms with E-state index in [2.05, 4.69) is 68.7 Å². The third-order valence-electron chi connectivity index (χ3n) is 3.72. The third kappa shape index (κ3) is 3.69. The van der Waals surface area contributed by atoms with E-state index in [0.29, 0.717) is 0 Å². The van der Waals surface area contributed by atoms with Crippen LogP contribution in [0.25, 0.3) is 0 Å². The predicted octanol–water partition coefficient (Wildman–Crippen LogP) is 3.61. The number of rotatable bonds is 5. The summed E-state index contributed by atoms with van der Waals surface area (Å²) in [6, 6.07) is 15.6. The molecule has 0 aliphatic heterocycles. The highest BCUT2D eigenvalue weighted by Crippen LogP contribution is 2.21. The molecule has 0 spiro atoms. The number of aryl methyl sites for hydroxylation is 3. The van der Waals surface area contributed by atoms with Crippen LogP contribution in [0.5, 0.6) is 0 Å². The summed E-state index contributed by atoms with van der Waals surface area (Å²) in [7, 11) is 0. The fraction of sp³-hybridized carbons (Fsp3) is 0.333. The summed E-state index contributed by atoms with van der Waals surface area (Å²) in [5.74, 6) is 5.76. The zero-order valence-electron chi connectivity index (χ0n) is 12.6. The first-order chi connectivity index (χ1) is 9.62. The molecule has 20 heavy (non-hydrogen) atoms. The van der Waals surface area contributed by atoms with Crippen LogP contribution in [0.15, 0.2) is 42.5 Å².